The van der Waals surface area contributed by atoms with E-state index in [0.717, 1.165) is 34.5 Å². The molecule has 0 aromatic heterocycles. The highest BCUT2D eigenvalue weighted by Crippen LogP contribution is 2.21. The molecule has 0 radical (unpaired) electrons. The van der Waals surface area contributed by atoms with Crippen LogP contribution in [-0.2, 0) is 26.2 Å². The van der Waals surface area contributed by atoms with Crippen LogP contribution in [0.1, 0.15) is 37.8 Å². The largest absolute Gasteiger partial charge is 0.497 e. The Kier molecular flexibility index (Phi) is 9.92. The van der Waals surface area contributed by atoms with Crippen molar-refractivity contribution in [2.75, 3.05) is 30.8 Å². The molecule has 9 heteroatoms. The van der Waals surface area contributed by atoms with Crippen molar-refractivity contribution in [2.24, 2.45) is 0 Å². The zero-order valence-electron chi connectivity index (χ0n) is 20.6. The maximum absolute atomic E-state index is 13.5. The smallest absolute Gasteiger partial charge is 0.244 e. The van der Waals surface area contributed by atoms with Crippen molar-refractivity contribution in [3.63, 3.8) is 0 Å². The Morgan fingerprint density at radius 2 is 1.79 bits per heavy atom. The summed E-state index contributed by atoms with van der Waals surface area (Å²) in [5.74, 6) is -0.0765. The molecule has 0 heterocycles. The van der Waals surface area contributed by atoms with Gasteiger partial charge in [0.15, 0.2) is 0 Å². The molecular formula is C25H35N3O5S. The highest BCUT2D eigenvalue weighted by molar-refractivity contribution is 7.92. The summed E-state index contributed by atoms with van der Waals surface area (Å²) in [7, 11) is -2.17. The molecule has 0 aliphatic rings. The molecule has 34 heavy (non-hydrogen) atoms. The van der Waals surface area contributed by atoms with Crippen LogP contribution in [0.3, 0.4) is 0 Å². The molecule has 0 saturated carbocycles. The summed E-state index contributed by atoms with van der Waals surface area (Å²) in [6.45, 7) is 5.79. The van der Waals surface area contributed by atoms with E-state index in [2.05, 4.69) is 5.32 Å². The van der Waals surface area contributed by atoms with Gasteiger partial charge in [0, 0.05) is 13.1 Å². The maximum atomic E-state index is 13.5. The maximum Gasteiger partial charge on any atom is 0.244 e. The van der Waals surface area contributed by atoms with Crippen molar-refractivity contribution in [1.29, 1.82) is 0 Å². The van der Waals surface area contributed by atoms with Gasteiger partial charge in [0.25, 0.3) is 0 Å². The Labute approximate surface area is 202 Å². The molecule has 0 spiro atoms. The molecule has 8 nitrogen and oxygen atoms in total. The minimum atomic E-state index is -3.74. The van der Waals surface area contributed by atoms with Crippen molar-refractivity contribution >= 4 is 27.5 Å². The number of unbranched alkanes of at least 4 members (excludes halogenated alkanes) is 1. The molecule has 2 aromatic carbocycles. The summed E-state index contributed by atoms with van der Waals surface area (Å²) in [5, 5.41) is 2.86. The van der Waals surface area contributed by atoms with Gasteiger partial charge in [0.05, 0.1) is 19.1 Å². The Hall–Kier alpha value is -3.07. The third-order valence-electron chi connectivity index (χ3n) is 5.48. The molecule has 0 aliphatic heterocycles. The van der Waals surface area contributed by atoms with Gasteiger partial charge in [-0.05, 0) is 55.7 Å². The average Bonchev–Trinajstić information content (AvgIpc) is 2.80. The van der Waals surface area contributed by atoms with Crippen LogP contribution >= 0.6 is 0 Å². The topological polar surface area (TPSA) is 96.0 Å². The van der Waals surface area contributed by atoms with Gasteiger partial charge >= 0.3 is 0 Å². The fourth-order valence-corrected chi connectivity index (χ4v) is 4.28. The van der Waals surface area contributed by atoms with Crippen molar-refractivity contribution in [3.05, 3.63) is 59.7 Å². The molecule has 1 atom stereocenters. The number of carbonyl (C=O) groups is 2. The molecule has 2 amide bonds. The number of nitrogens with zero attached hydrogens (tertiary/aromatic N) is 2. The monoisotopic (exact) mass is 489 g/mol. The van der Waals surface area contributed by atoms with E-state index in [-0.39, 0.29) is 12.5 Å². The molecule has 186 valence electrons. The quantitative estimate of drug-likeness (QED) is 0.462. The molecule has 2 aromatic rings. The Bertz CT molecular complexity index is 1070. The van der Waals surface area contributed by atoms with Crippen molar-refractivity contribution in [1.82, 2.24) is 10.2 Å². The number of amides is 2. The number of anilines is 1. The normalized spacial score (nSPS) is 12.0. The van der Waals surface area contributed by atoms with Crippen LogP contribution in [0.25, 0.3) is 0 Å². The molecule has 0 fully saturated rings. The first kappa shape index (κ1) is 27.2. The van der Waals surface area contributed by atoms with Crippen LogP contribution in [0.15, 0.2) is 48.5 Å². The van der Waals surface area contributed by atoms with E-state index in [1.807, 2.05) is 32.0 Å². The van der Waals surface area contributed by atoms with Crippen LogP contribution in [0.2, 0.25) is 0 Å². The van der Waals surface area contributed by atoms with Crippen LogP contribution in [0.5, 0.6) is 5.75 Å². The summed E-state index contributed by atoms with van der Waals surface area (Å²) in [5.41, 5.74) is 2.07. The summed E-state index contributed by atoms with van der Waals surface area (Å²) < 4.78 is 31.4. The third-order valence-corrected chi connectivity index (χ3v) is 6.62. The van der Waals surface area contributed by atoms with E-state index >= 15 is 0 Å². The van der Waals surface area contributed by atoms with E-state index in [0.29, 0.717) is 18.0 Å². The summed E-state index contributed by atoms with van der Waals surface area (Å²) in [6, 6.07) is 13.4. The molecule has 0 aliphatic carbocycles. The van der Waals surface area contributed by atoms with Crippen molar-refractivity contribution in [2.45, 2.75) is 46.2 Å². The molecular weight excluding hydrogens is 454 g/mol. The number of sulfonamides is 1. The van der Waals surface area contributed by atoms with Gasteiger partial charge in [-0.3, -0.25) is 13.9 Å². The van der Waals surface area contributed by atoms with E-state index in [1.165, 1.54) is 4.90 Å². The Morgan fingerprint density at radius 3 is 2.35 bits per heavy atom. The number of ether oxygens (including phenoxy) is 1. The molecule has 1 N–H and O–H groups in total. The first-order valence-electron chi connectivity index (χ1n) is 11.3. The van der Waals surface area contributed by atoms with Crippen LogP contribution in [0, 0.1) is 6.92 Å². The Morgan fingerprint density at radius 1 is 1.12 bits per heavy atom. The fourth-order valence-electron chi connectivity index (χ4n) is 3.44. The lowest BCUT2D eigenvalue weighted by molar-refractivity contribution is -0.139. The van der Waals surface area contributed by atoms with E-state index in [9.17, 15) is 18.0 Å². The molecule has 0 saturated heterocycles. The van der Waals surface area contributed by atoms with Gasteiger partial charge in [-0.15, -0.1) is 0 Å². The molecule has 0 bridgehead atoms. The third kappa shape index (κ3) is 7.76. The SMILES string of the molecule is CCCCNC(=O)[C@H](C)N(Cc1ccc(OC)cc1)C(=O)CN(c1cccc(C)c1)S(C)(=O)=O. The van der Waals surface area contributed by atoms with Crippen LogP contribution in [0.4, 0.5) is 5.69 Å². The number of aryl methyl sites for hydroxylation is 1. The highest BCUT2D eigenvalue weighted by atomic mass is 32.2. The minimum Gasteiger partial charge on any atom is -0.497 e. The van der Waals surface area contributed by atoms with E-state index in [4.69, 9.17) is 4.74 Å². The van der Waals surface area contributed by atoms with Gasteiger partial charge in [-0.1, -0.05) is 37.6 Å². The first-order valence-corrected chi connectivity index (χ1v) is 13.2. The second kappa shape index (κ2) is 12.4. The second-order valence-corrected chi connectivity index (χ2v) is 10.2. The minimum absolute atomic E-state index is 0.149. The lowest BCUT2D eigenvalue weighted by Gasteiger charge is -2.31. The van der Waals surface area contributed by atoms with Crippen molar-refractivity contribution in [3.8, 4) is 5.75 Å². The second-order valence-electron chi connectivity index (χ2n) is 8.30. The lowest BCUT2D eigenvalue weighted by Crippen LogP contribution is -2.51. The predicted octanol–water partition coefficient (Wildman–Crippen LogP) is 3.10. The van der Waals surface area contributed by atoms with Gasteiger partial charge < -0.3 is 15.0 Å². The van der Waals surface area contributed by atoms with E-state index in [1.54, 1.807) is 44.4 Å². The van der Waals surface area contributed by atoms with Gasteiger partial charge in [-0.2, -0.15) is 0 Å². The number of carbonyl (C=O) groups excluding carboxylic acids is 2. The zero-order valence-corrected chi connectivity index (χ0v) is 21.4. The van der Waals surface area contributed by atoms with Gasteiger partial charge in [0.1, 0.15) is 18.3 Å². The van der Waals surface area contributed by atoms with Crippen LogP contribution < -0.4 is 14.4 Å². The number of methoxy groups -OCH3 is 1. The van der Waals surface area contributed by atoms with Gasteiger partial charge in [-0.25, -0.2) is 8.42 Å². The number of rotatable bonds is 12. The van der Waals surface area contributed by atoms with E-state index < -0.39 is 28.5 Å². The van der Waals surface area contributed by atoms with Crippen LogP contribution in [-0.4, -0.2) is 57.6 Å². The Balaban J connectivity index is 2.34. The number of hydrogen-bond acceptors (Lipinski definition) is 5. The highest BCUT2D eigenvalue weighted by Gasteiger charge is 2.30. The number of hydrogen-bond donors (Lipinski definition) is 1. The molecule has 0 unspecified atom stereocenters. The zero-order chi connectivity index (χ0) is 25.3. The van der Waals surface area contributed by atoms with Crippen molar-refractivity contribution < 1.29 is 22.7 Å². The van der Waals surface area contributed by atoms with Gasteiger partial charge in [0.2, 0.25) is 21.8 Å². The summed E-state index contributed by atoms with van der Waals surface area (Å²) in [4.78, 5) is 27.7. The first-order chi connectivity index (χ1) is 16.1. The standard InChI is InChI=1S/C25H35N3O5S/c1-6-7-15-26-25(30)20(3)27(17-21-11-13-23(33-4)14-12-21)24(29)18-28(34(5,31)32)22-10-8-9-19(2)16-22/h8-14,16,20H,6-7,15,17-18H2,1-5H3,(H,26,30)/t20-/m0/s1. The molecule has 2 rings (SSSR count). The number of benzene rings is 2. The average molecular weight is 490 g/mol. The number of nitrogens with one attached hydrogen (secondary N) is 1. The summed E-state index contributed by atoms with van der Waals surface area (Å²) in [6.07, 6.45) is 2.83. The fraction of sp³-hybridized carbons (Fsp3) is 0.440. The summed E-state index contributed by atoms with van der Waals surface area (Å²) >= 11 is 0. The lowest BCUT2D eigenvalue weighted by atomic mass is 10.1. The predicted molar refractivity (Wildman–Crippen MR) is 134 cm³/mol.